The Morgan fingerprint density at radius 1 is 1.57 bits per heavy atom. The van der Waals surface area contributed by atoms with Gasteiger partial charge < -0.3 is 5.11 Å². The van der Waals surface area contributed by atoms with E-state index in [1.807, 2.05) is 14.0 Å². The Kier molecular flexibility index (Phi) is 2.32. The van der Waals surface area contributed by atoms with Crippen molar-refractivity contribution >= 4 is 11.6 Å². The molecule has 78 valence electrons. The van der Waals surface area contributed by atoms with E-state index in [1.165, 1.54) is 0 Å². The lowest BCUT2D eigenvalue weighted by Gasteiger charge is -2.06. The summed E-state index contributed by atoms with van der Waals surface area (Å²) in [7, 11) is 1.84. The summed E-state index contributed by atoms with van der Waals surface area (Å²) in [6, 6.07) is 0. The number of hydrogen-bond donors (Lipinski definition) is 1. The van der Waals surface area contributed by atoms with Crippen LogP contribution in [0.1, 0.15) is 30.5 Å². The highest BCUT2D eigenvalue weighted by Gasteiger charge is 2.39. The molecule has 0 bridgehead atoms. The lowest BCUT2D eigenvalue weighted by atomic mass is 10.1. The van der Waals surface area contributed by atoms with E-state index in [9.17, 15) is 5.11 Å². The molecular formula is C10H15ClN2O. The third kappa shape index (κ3) is 1.79. The van der Waals surface area contributed by atoms with Gasteiger partial charge >= 0.3 is 0 Å². The minimum absolute atomic E-state index is 0.397. The van der Waals surface area contributed by atoms with Gasteiger partial charge in [-0.3, -0.25) is 4.68 Å². The molecule has 0 radical (unpaired) electrons. The van der Waals surface area contributed by atoms with Gasteiger partial charge in [-0.05, 0) is 32.6 Å². The van der Waals surface area contributed by atoms with Crippen molar-refractivity contribution in [1.29, 1.82) is 0 Å². The van der Waals surface area contributed by atoms with Gasteiger partial charge in [0.05, 0.1) is 11.3 Å². The predicted octanol–water partition coefficient (Wildman–Crippen LogP) is 1.84. The van der Waals surface area contributed by atoms with Crippen LogP contribution in [-0.2, 0) is 13.5 Å². The molecule has 4 heteroatoms. The first-order valence-corrected chi connectivity index (χ1v) is 5.30. The molecule has 1 aliphatic rings. The first-order valence-electron chi connectivity index (χ1n) is 4.92. The maximum Gasteiger partial charge on any atom is 0.130 e. The number of nitrogens with zero attached hydrogens (tertiary/aromatic N) is 2. The van der Waals surface area contributed by atoms with Crippen molar-refractivity contribution in [3.8, 4) is 0 Å². The van der Waals surface area contributed by atoms with Gasteiger partial charge in [-0.1, -0.05) is 11.6 Å². The Labute approximate surface area is 88.7 Å². The zero-order chi connectivity index (χ0) is 10.3. The van der Waals surface area contributed by atoms with Crippen LogP contribution >= 0.6 is 11.6 Å². The molecule has 1 N–H and O–H groups in total. The largest absolute Gasteiger partial charge is 0.390 e. The third-order valence-electron chi connectivity index (χ3n) is 2.94. The van der Waals surface area contributed by atoms with Crippen molar-refractivity contribution in [3.63, 3.8) is 0 Å². The van der Waals surface area contributed by atoms with Crippen LogP contribution in [0.4, 0.5) is 0 Å². The van der Waals surface area contributed by atoms with Crippen LogP contribution in [0.2, 0.25) is 5.15 Å². The third-order valence-corrected chi connectivity index (χ3v) is 3.41. The molecule has 1 heterocycles. The SMILES string of the molecule is Cc1nn(C)c(Cl)c1CCC1(O)CC1. The van der Waals surface area contributed by atoms with E-state index in [0.717, 1.165) is 36.9 Å². The Morgan fingerprint density at radius 2 is 2.21 bits per heavy atom. The molecule has 0 aliphatic heterocycles. The monoisotopic (exact) mass is 214 g/mol. The van der Waals surface area contributed by atoms with Gasteiger partial charge in [-0.25, -0.2) is 0 Å². The quantitative estimate of drug-likeness (QED) is 0.834. The van der Waals surface area contributed by atoms with E-state index in [2.05, 4.69) is 5.10 Å². The van der Waals surface area contributed by atoms with Crippen LogP contribution in [-0.4, -0.2) is 20.5 Å². The second kappa shape index (κ2) is 3.24. The second-order valence-electron chi connectivity index (χ2n) is 4.20. The topological polar surface area (TPSA) is 38.0 Å². The maximum atomic E-state index is 9.71. The lowest BCUT2D eigenvalue weighted by molar-refractivity contribution is 0.140. The first kappa shape index (κ1) is 9.99. The van der Waals surface area contributed by atoms with E-state index in [1.54, 1.807) is 4.68 Å². The average molecular weight is 215 g/mol. The minimum Gasteiger partial charge on any atom is -0.390 e. The highest BCUT2D eigenvalue weighted by atomic mass is 35.5. The number of halogens is 1. The average Bonchev–Trinajstić information content (AvgIpc) is 2.78. The van der Waals surface area contributed by atoms with Crippen LogP contribution in [0.3, 0.4) is 0 Å². The number of rotatable bonds is 3. The Balaban J connectivity index is 2.08. The highest BCUT2D eigenvalue weighted by Crippen LogP contribution is 2.39. The van der Waals surface area contributed by atoms with Crippen molar-refractivity contribution in [3.05, 3.63) is 16.4 Å². The molecule has 1 aromatic heterocycles. The summed E-state index contributed by atoms with van der Waals surface area (Å²) in [4.78, 5) is 0. The first-order chi connectivity index (χ1) is 6.52. The summed E-state index contributed by atoms with van der Waals surface area (Å²) in [6.45, 7) is 1.96. The molecule has 3 nitrogen and oxygen atoms in total. The standard InChI is InChI=1S/C10H15ClN2O/c1-7-8(9(11)13(2)12-7)3-4-10(14)5-6-10/h14H,3-6H2,1-2H3. The summed E-state index contributed by atoms with van der Waals surface area (Å²) in [5.41, 5.74) is 1.65. The fourth-order valence-corrected chi connectivity index (χ4v) is 1.98. The summed E-state index contributed by atoms with van der Waals surface area (Å²) in [5, 5.41) is 14.6. The number of aliphatic hydroxyl groups is 1. The predicted molar refractivity (Wildman–Crippen MR) is 55.5 cm³/mol. The van der Waals surface area contributed by atoms with Crippen molar-refractivity contribution in [2.75, 3.05) is 0 Å². The molecule has 0 aromatic carbocycles. The summed E-state index contributed by atoms with van der Waals surface area (Å²) < 4.78 is 1.68. The maximum absolute atomic E-state index is 9.71. The Bertz CT molecular complexity index is 355. The van der Waals surface area contributed by atoms with Crippen LogP contribution < -0.4 is 0 Å². The molecule has 0 unspecified atom stereocenters. The van der Waals surface area contributed by atoms with Crippen molar-refractivity contribution in [2.24, 2.45) is 7.05 Å². The zero-order valence-corrected chi connectivity index (χ0v) is 9.30. The Hall–Kier alpha value is -0.540. The summed E-state index contributed by atoms with van der Waals surface area (Å²) in [6.07, 6.45) is 3.50. The van der Waals surface area contributed by atoms with Crippen LogP contribution in [0.25, 0.3) is 0 Å². The van der Waals surface area contributed by atoms with Gasteiger partial charge in [-0.2, -0.15) is 5.10 Å². The van der Waals surface area contributed by atoms with E-state index in [4.69, 9.17) is 11.6 Å². The Morgan fingerprint density at radius 3 is 2.64 bits per heavy atom. The molecule has 2 rings (SSSR count). The normalized spacial score (nSPS) is 18.6. The molecule has 0 spiro atoms. The molecule has 0 saturated heterocycles. The zero-order valence-electron chi connectivity index (χ0n) is 8.55. The van der Waals surface area contributed by atoms with Crippen molar-refractivity contribution < 1.29 is 5.11 Å². The lowest BCUT2D eigenvalue weighted by Crippen LogP contribution is -2.08. The number of aryl methyl sites for hydroxylation is 2. The molecular weight excluding hydrogens is 200 g/mol. The number of hydrogen-bond acceptors (Lipinski definition) is 2. The molecule has 1 fully saturated rings. The molecule has 14 heavy (non-hydrogen) atoms. The van der Waals surface area contributed by atoms with Gasteiger partial charge in [-0.15, -0.1) is 0 Å². The fraction of sp³-hybridized carbons (Fsp3) is 0.700. The van der Waals surface area contributed by atoms with E-state index in [0.29, 0.717) is 5.15 Å². The van der Waals surface area contributed by atoms with E-state index >= 15 is 0 Å². The molecule has 0 atom stereocenters. The van der Waals surface area contributed by atoms with Gasteiger partial charge in [0.1, 0.15) is 5.15 Å². The smallest absolute Gasteiger partial charge is 0.130 e. The molecule has 1 aromatic rings. The summed E-state index contributed by atoms with van der Waals surface area (Å²) in [5.74, 6) is 0. The van der Waals surface area contributed by atoms with Gasteiger partial charge in [0.15, 0.2) is 0 Å². The fourth-order valence-electron chi connectivity index (χ4n) is 1.71. The molecule has 1 saturated carbocycles. The minimum atomic E-state index is -0.397. The molecule has 1 aliphatic carbocycles. The van der Waals surface area contributed by atoms with Gasteiger partial charge in [0.2, 0.25) is 0 Å². The van der Waals surface area contributed by atoms with Crippen LogP contribution in [0, 0.1) is 6.92 Å². The highest BCUT2D eigenvalue weighted by molar-refractivity contribution is 6.30. The van der Waals surface area contributed by atoms with Crippen LogP contribution in [0.5, 0.6) is 0 Å². The summed E-state index contributed by atoms with van der Waals surface area (Å²) >= 11 is 6.08. The van der Waals surface area contributed by atoms with Crippen molar-refractivity contribution in [1.82, 2.24) is 9.78 Å². The van der Waals surface area contributed by atoms with Crippen molar-refractivity contribution in [2.45, 2.75) is 38.2 Å². The second-order valence-corrected chi connectivity index (χ2v) is 4.56. The number of aromatic nitrogens is 2. The van der Waals surface area contributed by atoms with Gasteiger partial charge in [0.25, 0.3) is 0 Å². The van der Waals surface area contributed by atoms with E-state index < -0.39 is 5.60 Å². The van der Waals surface area contributed by atoms with Gasteiger partial charge in [0, 0.05) is 12.6 Å². The van der Waals surface area contributed by atoms with E-state index in [-0.39, 0.29) is 0 Å². The van der Waals surface area contributed by atoms with Crippen LogP contribution in [0.15, 0.2) is 0 Å². The molecule has 0 amide bonds.